The highest BCUT2D eigenvalue weighted by molar-refractivity contribution is 5.60. The van der Waals surface area contributed by atoms with Crippen molar-refractivity contribution >= 4 is 6.16 Å². The highest BCUT2D eigenvalue weighted by Gasteiger charge is 2.27. The zero-order chi connectivity index (χ0) is 15.1. The Labute approximate surface area is 123 Å². The van der Waals surface area contributed by atoms with Crippen molar-refractivity contribution < 1.29 is 19.4 Å². The molecule has 4 heteroatoms. The van der Waals surface area contributed by atoms with Crippen LogP contribution in [-0.2, 0) is 9.47 Å². The zero-order valence-electron chi connectivity index (χ0n) is 11.8. The molecule has 0 fully saturated rings. The lowest BCUT2D eigenvalue weighted by molar-refractivity contribution is -0.0334. The minimum absolute atomic E-state index is 0.224. The Morgan fingerprint density at radius 2 is 1.52 bits per heavy atom. The smallest absolute Gasteiger partial charge is 0.435 e. The lowest BCUT2D eigenvalue weighted by Gasteiger charge is -2.23. The van der Waals surface area contributed by atoms with Gasteiger partial charge in [-0.15, -0.1) is 0 Å². The SMILES string of the molecule is CCOC(=O)O[C@H](c1ccccc1)[C@H](O)c1ccccc1. The van der Waals surface area contributed by atoms with Crippen LogP contribution in [0.15, 0.2) is 60.7 Å². The molecule has 0 aliphatic heterocycles. The zero-order valence-corrected chi connectivity index (χ0v) is 11.8. The van der Waals surface area contributed by atoms with E-state index in [0.717, 1.165) is 0 Å². The Balaban J connectivity index is 2.25. The van der Waals surface area contributed by atoms with Crippen molar-refractivity contribution in [3.8, 4) is 0 Å². The normalized spacial score (nSPS) is 13.2. The van der Waals surface area contributed by atoms with Crippen molar-refractivity contribution in [2.45, 2.75) is 19.1 Å². The fourth-order valence-corrected chi connectivity index (χ4v) is 2.04. The minimum atomic E-state index is -0.960. The second kappa shape index (κ2) is 7.45. The van der Waals surface area contributed by atoms with Gasteiger partial charge in [-0.2, -0.15) is 0 Å². The third-order valence-corrected chi connectivity index (χ3v) is 3.04. The summed E-state index contributed by atoms with van der Waals surface area (Å²) in [7, 11) is 0. The average molecular weight is 286 g/mol. The number of ether oxygens (including phenoxy) is 2. The molecule has 4 nitrogen and oxygen atoms in total. The summed E-state index contributed by atoms with van der Waals surface area (Å²) in [6.45, 7) is 1.92. The van der Waals surface area contributed by atoms with Gasteiger partial charge in [0.25, 0.3) is 0 Å². The number of hydrogen-bond donors (Lipinski definition) is 1. The lowest BCUT2D eigenvalue weighted by Crippen LogP contribution is -2.19. The van der Waals surface area contributed by atoms with Crippen LogP contribution in [0.25, 0.3) is 0 Å². The van der Waals surface area contributed by atoms with Crippen molar-refractivity contribution in [3.63, 3.8) is 0 Å². The lowest BCUT2D eigenvalue weighted by atomic mass is 9.98. The van der Waals surface area contributed by atoms with Gasteiger partial charge in [-0.3, -0.25) is 0 Å². The molecule has 1 N–H and O–H groups in total. The monoisotopic (exact) mass is 286 g/mol. The summed E-state index contributed by atoms with van der Waals surface area (Å²) in [5, 5.41) is 10.5. The molecule has 0 aliphatic carbocycles. The van der Waals surface area contributed by atoms with Crippen molar-refractivity contribution in [1.29, 1.82) is 0 Å². The van der Waals surface area contributed by atoms with Crippen LogP contribution in [0, 0.1) is 0 Å². The Morgan fingerprint density at radius 3 is 2.05 bits per heavy atom. The molecule has 0 radical (unpaired) electrons. The van der Waals surface area contributed by atoms with E-state index in [-0.39, 0.29) is 6.61 Å². The van der Waals surface area contributed by atoms with Gasteiger partial charge in [0.15, 0.2) is 6.10 Å². The van der Waals surface area contributed by atoms with Crippen LogP contribution < -0.4 is 0 Å². The number of aliphatic hydroxyl groups excluding tert-OH is 1. The van der Waals surface area contributed by atoms with Crippen LogP contribution in [0.3, 0.4) is 0 Å². The topological polar surface area (TPSA) is 55.8 Å². The number of hydrogen-bond acceptors (Lipinski definition) is 4. The molecule has 2 atom stereocenters. The summed E-state index contributed by atoms with van der Waals surface area (Å²) < 4.78 is 10.1. The maximum absolute atomic E-state index is 11.6. The van der Waals surface area contributed by atoms with Crippen molar-refractivity contribution in [2.24, 2.45) is 0 Å². The molecule has 2 aromatic rings. The van der Waals surface area contributed by atoms with E-state index in [1.807, 2.05) is 36.4 Å². The van der Waals surface area contributed by atoms with Crippen LogP contribution in [-0.4, -0.2) is 17.9 Å². The molecule has 0 spiro atoms. The van der Waals surface area contributed by atoms with Gasteiger partial charge in [-0.1, -0.05) is 60.7 Å². The van der Waals surface area contributed by atoms with Gasteiger partial charge >= 0.3 is 6.16 Å². The molecule has 0 heterocycles. The molecule has 0 bridgehead atoms. The molecule has 0 aliphatic rings. The molecule has 21 heavy (non-hydrogen) atoms. The van der Waals surface area contributed by atoms with E-state index in [2.05, 4.69) is 0 Å². The fraction of sp³-hybridized carbons (Fsp3) is 0.235. The maximum Gasteiger partial charge on any atom is 0.508 e. The number of rotatable bonds is 5. The van der Waals surface area contributed by atoms with E-state index >= 15 is 0 Å². The summed E-state index contributed by atoms with van der Waals surface area (Å²) in [5.41, 5.74) is 1.39. The summed E-state index contributed by atoms with van der Waals surface area (Å²) in [4.78, 5) is 11.6. The second-order valence-electron chi connectivity index (χ2n) is 4.49. The molecule has 0 saturated carbocycles. The van der Waals surface area contributed by atoms with E-state index in [1.54, 1.807) is 31.2 Å². The van der Waals surface area contributed by atoms with Gasteiger partial charge < -0.3 is 14.6 Å². The van der Waals surface area contributed by atoms with Crippen LogP contribution in [0.5, 0.6) is 0 Å². The highest BCUT2D eigenvalue weighted by Crippen LogP contribution is 2.32. The summed E-state index contributed by atoms with van der Waals surface area (Å²) in [5.74, 6) is 0. The summed E-state index contributed by atoms with van der Waals surface area (Å²) >= 11 is 0. The third kappa shape index (κ3) is 4.07. The van der Waals surface area contributed by atoms with E-state index in [9.17, 15) is 9.90 Å². The van der Waals surface area contributed by atoms with Gasteiger partial charge in [0, 0.05) is 0 Å². The van der Waals surface area contributed by atoms with E-state index in [0.29, 0.717) is 11.1 Å². The first-order valence-electron chi connectivity index (χ1n) is 6.83. The highest BCUT2D eigenvalue weighted by atomic mass is 16.7. The molecular weight excluding hydrogens is 268 g/mol. The fourth-order valence-electron chi connectivity index (χ4n) is 2.04. The molecule has 2 aromatic carbocycles. The van der Waals surface area contributed by atoms with Gasteiger partial charge in [0.05, 0.1) is 6.61 Å². The minimum Gasteiger partial charge on any atom is -0.435 e. The quantitative estimate of drug-likeness (QED) is 0.853. The first kappa shape index (κ1) is 15.1. The number of benzene rings is 2. The van der Waals surface area contributed by atoms with Crippen LogP contribution in [0.4, 0.5) is 4.79 Å². The van der Waals surface area contributed by atoms with Gasteiger partial charge in [0.2, 0.25) is 0 Å². The first-order chi connectivity index (χ1) is 10.2. The molecule has 0 amide bonds. The first-order valence-corrected chi connectivity index (χ1v) is 6.83. The van der Waals surface area contributed by atoms with Crippen LogP contribution in [0.1, 0.15) is 30.3 Å². The Hall–Kier alpha value is -2.33. The maximum atomic E-state index is 11.6. The predicted octanol–water partition coefficient (Wildman–Crippen LogP) is 3.63. The van der Waals surface area contributed by atoms with Crippen molar-refractivity contribution in [2.75, 3.05) is 6.61 Å². The van der Waals surface area contributed by atoms with E-state index < -0.39 is 18.4 Å². The second-order valence-corrected chi connectivity index (χ2v) is 4.49. The van der Waals surface area contributed by atoms with Crippen molar-refractivity contribution in [1.82, 2.24) is 0 Å². The third-order valence-electron chi connectivity index (χ3n) is 3.04. The Kier molecular flexibility index (Phi) is 5.35. The largest absolute Gasteiger partial charge is 0.508 e. The van der Waals surface area contributed by atoms with E-state index in [1.165, 1.54) is 0 Å². The van der Waals surface area contributed by atoms with Crippen LogP contribution in [0.2, 0.25) is 0 Å². The number of aliphatic hydroxyl groups is 1. The summed E-state index contributed by atoms with van der Waals surface area (Å²) in [6, 6.07) is 18.2. The Morgan fingerprint density at radius 1 is 1.00 bits per heavy atom. The number of carbonyl (C=O) groups excluding carboxylic acids is 1. The molecule has 2 rings (SSSR count). The summed E-state index contributed by atoms with van der Waals surface area (Å²) in [6.07, 6.45) is -2.56. The molecule has 0 aromatic heterocycles. The predicted molar refractivity (Wildman–Crippen MR) is 78.7 cm³/mol. The Bertz CT molecular complexity index is 554. The average Bonchev–Trinajstić information content (AvgIpc) is 2.54. The number of carbonyl (C=O) groups is 1. The molecule has 0 unspecified atom stereocenters. The van der Waals surface area contributed by atoms with E-state index in [4.69, 9.17) is 9.47 Å². The van der Waals surface area contributed by atoms with Gasteiger partial charge in [-0.25, -0.2) is 4.79 Å². The molecular formula is C17H18O4. The molecule has 110 valence electrons. The van der Waals surface area contributed by atoms with Crippen LogP contribution >= 0.6 is 0 Å². The van der Waals surface area contributed by atoms with Gasteiger partial charge in [0.1, 0.15) is 6.10 Å². The molecule has 0 saturated heterocycles. The van der Waals surface area contributed by atoms with Crippen molar-refractivity contribution in [3.05, 3.63) is 71.8 Å². The standard InChI is InChI=1S/C17H18O4/c1-2-20-17(19)21-16(14-11-7-4-8-12-14)15(18)13-9-5-3-6-10-13/h3-12,15-16,18H,2H2,1H3/t15-,16-/m1/s1. The van der Waals surface area contributed by atoms with Gasteiger partial charge in [-0.05, 0) is 18.1 Å².